The Morgan fingerprint density at radius 3 is 2.55 bits per heavy atom. The molecule has 0 bridgehead atoms. The van der Waals surface area contributed by atoms with E-state index < -0.39 is 17.7 Å². The maximum absolute atomic E-state index is 13.0. The number of carbonyl (C=O) groups is 2. The Balaban J connectivity index is 1.89. The van der Waals surface area contributed by atoms with Gasteiger partial charge < -0.3 is 14.4 Å². The van der Waals surface area contributed by atoms with Crippen LogP contribution in [0.4, 0.5) is 5.82 Å². The summed E-state index contributed by atoms with van der Waals surface area (Å²) < 4.78 is 11.3. The highest BCUT2D eigenvalue weighted by Crippen LogP contribution is 2.42. The molecule has 1 aromatic heterocycles. The number of Topliss-reactive ketones (excluding diaryl/α,β-unsaturated/α-hetero) is 1. The number of halogens is 1. The molecule has 8 heteroatoms. The SMILES string of the molecule is CCOc1ccc(/C(O)=C2\C(=O)C(=O)N(c3cc(C)on3)C2c2cccc(Br)c2)cc1. The summed E-state index contributed by atoms with van der Waals surface area (Å²) in [6.07, 6.45) is 0. The van der Waals surface area contributed by atoms with Crippen molar-refractivity contribution in [2.75, 3.05) is 11.5 Å². The van der Waals surface area contributed by atoms with Crippen molar-refractivity contribution in [1.82, 2.24) is 5.16 Å². The van der Waals surface area contributed by atoms with Crippen molar-refractivity contribution in [1.29, 1.82) is 0 Å². The van der Waals surface area contributed by atoms with E-state index in [1.54, 1.807) is 55.5 Å². The third-order valence-corrected chi connectivity index (χ3v) is 5.40. The van der Waals surface area contributed by atoms with Crippen LogP contribution in [-0.4, -0.2) is 28.6 Å². The summed E-state index contributed by atoms with van der Waals surface area (Å²) in [6, 6.07) is 14.6. The van der Waals surface area contributed by atoms with Crippen LogP contribution in [0.3, 0.4) is 0 Å². The quantitative estimate of drug-likeness (QED) is 0.319. The maximum Gasteiger partial charge on any atom is 0.301 e. The minimum Gasteiger partial charge on any atom is -0.507 e. The van der Waals surface area contributed by atoms with Gasteiger partial charge in [-0.3, -0.25) is 14.5 Å². The molecule has 158 valence electrons. The van der Waals surface area contributed by atoms with E-state index in [1.165, 1.54) is 4.90 Å². The molecule has 1 amide bonds. The fraction of sp³-hybridized carbons (Fsp3) is 0.174. The molecular weight excluding hydrogens is 464 g/mol. The van der Waals surface area contributed by atoms with E-state index in [0.29, 0.717) is 29.2 Å². The summed E-state index contributed by atoms with van der Waals surface area (Å²) in [7, 11) is 0. The van der Waals surface area contributed by atoms with Crippen molar-refractivity contribution < 1.29 is 24.0 Å². The summed E-state index contributed by atoms with van der Waals surface area (Å²) in [6.45, 7) is 4.08. The number of ether oxygens (including phenoxy) is 1. The number of nitrogens with zero attached hydrogens (tertiary/aromatic N) is 2. The molecule has 7 nitrogen and oxygen atoms in total. The van der Waals surface area contributed by atoms with Crippen LogP contribution in [0.2, 0.25) is 0 Å². The lowest BCUT2D eigenvalue weighted by Crippen LogP contribution is -2.29. The molecular formula is C23H19BrN2O5. The molecule has 0 spiro atoms. The van der Waals surface area contributed by atoms with Gasteiger partial charge in [0.2, 0.25) is 0 Å². The van der Waals surface area contributed by atoms with E-state index in [9.17, 15) is 14.7 Å². The van der Waals surface area contributed by atoms with Crippen LogP contribution < -0.4 is 9.64 Å². The molecule has 1 N–H and O–H groups in total. The summed E-state index contributed by atoms with van der Waals surface area (Å²) in [4.78, 5) is 27.3. The van der Waals surface area contributed by atoms with Crippen LogP contribution in [-0.2, 0) is 9.59 Å². The minimum atomic E-state index is -0.867. The Morgan fingerprint density at radius 1 is 1.19 bits per heavy atom. The molecule has 4 rings (SSSR count). The van der Waals surface area contributed by atoms with Crippen molar-refractivity contribution in [2.24, 2.45) is 0 Å². The predicted octanol–water partition coefficient (Wildman–Crippen LogP) is 4.77. The van der Waals surface area contributed by atoms with E-state index in [0.717, 1.165) is 4.47 Å². The van der Waals surface area contributed by atoms with E-state index in [-0.39, 0.29) is 17.2 Å². The number of carbonyl (C=O) groups excluding carboxylic acids is 2. The van der Waals surface area contributed by atoms with Gasteiger partial charge in [0, 0.05) is 16.1 Å². The predicted molar refractivity (Wildman–Crippen MR) is 118 cm³/mol. The Labute approximate surface area is 187 Å². The summed E-state index contributed by atoms with van der Waals surface area (Å²) in [5, 5.41) is 15.0. The Morgan fingerprint density at radius 2 is 1.94 bits per heavy atom. The maximum atomic E-state index is 13.0. The highest BCUT2D eigenvalue weighted by molar-refractivity contribution is 9.10. The first-order chi connectivity index (χ1) is 14.9. The normalized spacial score (nSPS) is 17.9. The number of ketones is 1. The lowest BCUT2D eigenvalue weighted by atomic mass is 9.95. The number of rotatable bonds is 5. The smallest absolute Gasteiger partial charge is 0.301 e. The lowest BCUT2D eigenvalue weighted by Gasteiger charge is -2.23. The Kier molecular flexibility index (Phi) is 5.65. The summed E-state index contributed by atoms with van der Waals surface area (Å²) in [5.41, 5.74) is 1.02. The van der Waals surface area contributed by atoms with E-state index in [4.69, 9.17) is 9.26 Å². The molecule has 2 aromatic carbocycles. The lowest BCUT2D eigenvalue weighted by molar-refractivity contribution is -0.132. The highest BCUT2D eigenvalue weighted by Gasteiger charge is 2.48. The number of aliphatic hydroxyl groups is 1. The molecule has 1 aliphatic rings. The van der Waals surface area contributed by atoms with Gasteiger partial charge in [-0.05, 0) is 55.8 Å². The molecule has 2 heterocycles. The standard InChI is InChI=1S/C23H19BrN2O5/c1-3-30-17-9-7-14(8-10-17)21(27)19-20(15-5-4-6-16(24)12-15)26(23(29)22(19)28)18-11-13(2)31-25-18/h4-12,20,27H,3H2,1-2H3/b21-19+. The van der Waals surface area contributed by atoms with Gasteiger partial charge in [-0.25, -0.2) is 0 Å². The number of hydrogen-bond donors (Lipinski definition) is 1. The molecule has 31 heavy (non-hydrogen) atoms. The minimum absolute atomic E-state index is 0.0205. The number of benzene rings is 2. The number of anilines is 1. The first-order valence-electron chi connectivity index (χ1n) is 9.63. The molecule has 0 aliphatic carbocycles. The van der Waals surface area contributed by atoms with Crippen LogP contribution in [0.5, 0.6) is 5.75 Å². The van der Waals surface area contributed by atoms with Crippen molar-refractivity contribution >= 4 is 39.2 Å². The van der Waals surface area contributed by atoms with Crippen LogP contribution in [0, 0.1) is 6.92 Å². The van der Waals surface area contributed by atoms with Crippen LogP contribution in [0.15, 0.2) is 69.2 Å². The largest absolute Gasteiger partial charge is 0.507 e. The number of aromatic nitrogens is 1. The van der Waals surface area contributed by atoms with Gasteiger partial charge in [0.05, 0.1) is 18.2 Å². The van der Waals surface area contributed by atoms with Gasteiger partial charge in [0.1, 0.15) is 17.3 Å². The number of aryl methyl sites for hydroxylation is 1. The fourth-order valence-electron chi connectivity index (χ4n) is 3.56. The second-order valence-corrected chi connectivity index (χ2v) is 7.89. The average molecular weight is 483 g/mol. The number of amides is 1. The third-order valence-electron chi connectivity index (χ3n) is 4.91. The molecule has 1 unspecified atom stereocenters. The summed E-state index contributed by atoms with van der Waals surface area (Å²) in [5.74, 6) is -0.510. The van der Waals surface area contributed by atoms with Crippen LogP contribution in [0.1, 0.15) is 29.9 Å². The zero-order valence-electron chi connectivity index (χ0n) is 16.8. The van der Waals surface area contributed by atoms with Crippen molar-refractivity contribution in [3.63, 3.8) is 0 Å². The topological polar surface area (TPSA) is 92.9 Å². The fourth-order valence-corrected chi connectivity index (χ4v) is 3.98. The molecule has 3 aromatic rings. The van der Waals surface area contributed by atoms with Crippen LogP contribution in [0.25, 0.3) is 5.76 Å². The first-order valence-corrected chi connectivity index (χ1v) is 10.4. The van der Waals surface area contributed by atoms with Gasteiger partial charge in [0.25, 0.3) is 5.78 Å². The molecule has 0 radical (unpaired) electrons. The zero-order chi connectivity index (χ0) is 22.1. The van der Waals surface area contributed by atoms with E-state index in [2.05, 4.69) is 21.1 Å². The molecule has 0 saturated carbocycles. The first kappa shape index (κ1) is 20.9. The van der Waals surface area contributed by atoms with Crippen molar-refractivity contribution in [2.45, 2.75) is 19.9 Å². The molecule has 1 fully saturated rings. The van der Waals surface area contributed by atoms with Crippen molar-refractivity contribution in [3.8, 4) is 5.75 Å². The number of aliphatic hydroxyl groups excluding tert-OH is 1. The molecule has 1 aliphatic heterocycles. The zero-order valence-corrected chi connectivity index (χ0v) is 18.4. The molecule has 1 atom stereocenters. The van der Waals surface area contributed by atoms with E-state index in [1.807, 2.05) is 13.0 Å². The average Bonchev–Trinajstić information content (AvgIpc) is 3.29. The molecule has 1 saturated heterocycles. The van der Waals surface area contributed by atoms with E-state index >= 15 is 0 Å². The highest BCUT2D eigenvalue weighted by atomic mass is 79.9. The van der Waals surface area contributed by atoms with Gasteiger partial charge in [-0.15, -0.1) is 0 Å². The third kappa shape index (κ3) is 3.86. The van der Waals surface area contributed by atoms with Gasteiger partial charge in [0.15, 0.2) is 5.82 Å². The second-order valence-electron chi connectivity index (χ2n) is 6.98. The van der Waals surface area contributed by atoms with Crippen molar-refractivity contribution in [3.05, 3.63) is 81.5 Å². The van der Waals surface area contributed by atoms with Gasteiger partial charge in [-0.2, -0.15) is 0 Å². The van der Waals surface area contributed by atoms with Gasteiger partial charge >= 0.3 is 5.91 Å². The number of hydrogen-bond acceptors (Lipinski definition) is 6. The second kappa shape index (κ2) is 8.39. The monoisotopic (exact) mass is 482 g/mol. The van der Waals surface area contributed by atoms with Gasteiger partial charge in [-0.1, -0.05) is 33.2 Å². The van der Waals surface area contributed by atoms with Crippen LogP contribution >= 0.6 is 15.9 Å². The Hall–Kier alpha value is -3.39. The Bertz CT molecular complexity index is 1180. The summed E-state index contributed by atoms with van der Waals surface area (Å²) >= 11 is 3.43.